The number of nitrogens with zero attached hydrogens (tertiary/aromatic N) is 4. The van der Waals surface area contributed by atoms with Crippen molar-refractivity contribution in [3.63, 3.8) is 0 Å². The summed E-state index contributed by atoms with van der Waals surface area (Å²) in [6, 6.07) is -0.823. The second-order valence-corrected chi connectivity index (χ2v) is 10.1. The third-order valence-electron chi connectivity index (χ3n) is 6.27. The van der Waals surface area contributed by atoms with E-state index in [0.717, 1.165) is 12.7 Å². The summed E-state index contributed by atoms with van der Waals surface area (Å²) < 4.78 is 49.7. The number of hydrogen-bond donors (Lipinski definition) is 3. The van der Waals surface area contributed by atoms with Crippen molar-refractivity contribution in [1.82, 2.24) is 19.8 Å². The molecule has 190 valence electrons. The zero-order valence-corrected chi connectivity index (χ0v) is 19.2. The summed E-state index contributed by atoms with van der Waals surface area (Å²) in [5.74, 6) is 0.138. The molecule has 0 aromatic carbocycles. The largest absolute Gasteiger partial charge is 0.444 e. The molecule has 3 fully saturated rings. The van der Waals surface area contributed by atoms with Gasteiger partial charge in [-0.2, -0.15) is 13.2 Å². The van der Waals surface area contributed by atoms with Crippen LogP contribution in [0.25, 0.3) is 0 Å². The number of fused-ring (bicyclic) bond motifs is 1. The number of amides is 1. The number of halogens is 3. The maximum absolute atomic E-state index is 12.9. The van der Waals surface area contributed by atoms with Crippen LogP contribution >= 0.6 is 0 Å². The fourth-order valence-corrected chi connectivity index (χ4v) is 4.59. The monoisotopic (exact) mass is 489 g/mol. The molecule has 34 heavy (non-hydrogen) atoms. The zero-order valence-electron chi connectivity index (χ0n) is 19.2. The van der Waals surface area contributed by atoms with Gasteiger partial charge in [0.25, 0.3) is 0 Å². The van der Waals surface area contributed by atoms with Gasteiger partial charge in [0, 0.05) is 32.1 Å². The molecule has 3 N–H and O–H groups in total. The third-order valence-corrected chi connectivity index (χ3v) is 6.27. The lowest BCUT2D eigenvalue weighted by Gasteiger charge is -2.43. The number of carbonyl (C=O) groups is 1. The zero-order chi connectivity index (χ0) is 24.8. The molecule has 1 amide bonds. The molecular weight excluding hydrogens is 459 g/mol. The van der Waals surface area contributed by atoms with Gasteiger partial charge in [-0.1, -0.05) is 0 Å². The molecule has 3 aliphatic rings. The minimum atomic E-state index is -4.65. The van der Waals surface area contributed by atoms with E-state index in [9.17, 15) is 28.2 Å². The molecule has 0 saturated carbocycles. The average Bonchev–Trinajstić information content (AvgIpc) is 3.01. The number of carbonyl (C=O) groups excluding carboxylic acids is 1. The van der Waals surface area contributed by atoms with Crippen LogP contribution < -0.4 is 5.32 Å². The van der Waals surface area contributed by atoms with Crippen LogP contribution in [0.2, 0.25) is 0 Å². The molecule has 0 radical (unpaired) electrons. The van der Waals surface area contributed by atoms with Crippen LogP contribution in [0.3, 0.4) is 0 Å². The molecule has 10 nitrogen and oxygen atoms in total. The molecule has 4 heterocycles. The number of likely N-dealkylation sites (tertiary alicyclic amines) is 2. The van der Waals surface area contributed by atoms with Gasteiger partial charge in [-0.25, -0.2) is 9.78 Å². The molecule has 0 bridgehead atoms. The molecule has 13 heteroatoms. The van der Waals surface area contributed by atoms with Crippen molar-refractivity contribution < 1.29 is 37.7 Å². The molecule has 3 aliphatic heterocycles. The van der Waals surface area contributed by atoms with E-state index in [1.807, 2.05) is 20.8 Å². The lowest BCUT2D eigenvalue weighted by molar-refractivity contribution is -0.146. The van der Waals surface area contributed by atoms with Crippen molar-refractivity contribution in [2.24, 2.45) is 5.92 Å². The average molecular weight is 489 g/mol. The highest BCUT2D eigenvalue weighted by molar-refractivity contribution is 5.70. The number of aromatic nitrogens is 2. The number of nitrogens with one attached hydrogen (secondary N) is 1. The van der Waals surface area contributed by atoms with Crippen LogP contribution in [0.1, 0.15) is 26.5 Å². The summed E-state index contributed by atoms with van der Waals surface area (Å²) in [4.78, 5) is 23.1. The Morgan fingerprint density at radius 3 is 2.62 bits per heavy atom. The highest BCUT2D eigenvalue weighted by Crippen LogP contribution is 2.34. The summed E-state index contributed by atoms with van der Waals surface area (Å²) in [6.45, 7) is 7.71. The minimum Gasteiger partial charge on any atom is -0.444 e. The normalized spacial score (nSPS) is 32.2. The lowest BCUT2D eigenvalue weighted by Crippen LogP contribution is -2.59. The summed E-state index contributed by atoms with van der Waals surface area (Å²) in [5, 5.41) is 23.8. The van der Waals surface area contributed by atoms with E-state index in [-0.39, 0.29) is 24.6 Å². The number of aliphatic hydroxyl groups is 2. The molecule has 1 aromatic heterocycles. The Balaban J connectivity index is 1.29. The van der Waals surface area contributed by atoms with Crippen molar-refractivity contribution >= 4 is 11.9 Å². The van der Waals surface area contributed by atoms with Gasteiger partial charge in [0.05, 0.1) is 37.2 Å². The van der Waals surface area contributed by atoms with E-state index in [1.54, 1.807) is 4.90 Å². The minimum absolute atomic E-state index is 0.0362. The van der Waals surface area contributed by atoms with E-state index in [1.165, 1.54) is 0 Å². The SMILES string of the molecule is CC(C)(C)OC(=O)N1CC2CN(C[C@H]3OC[C@H](Nc4cncc(C(F)(F)F)n4)[C@@H](O)[C@H]3O)CC21. The first-order valence-corrected chi connectivity index (χ1v) is 11.2. The molecule has 1 aromatic rings. The Morgan fingerprint density at radius 1 is 1.21 bits per heavy atom. The van der Waals surface area contributed by atoms with Gasteiger partial charge in [0.2, 0.25) is 0 Å². The molecule has 6 atom stereocenters. The van der Waals surface area contributed by atoms with Gasteiger partial charge < -0.3 is 29.9 Å². The van der Waals surface area contributed by atoms with Gasteiger partial charge >= 0.3 is 12.3 Å². The first-order chi connectivity index (χ1) is 15.8. The van der Waals surface area contributed by atoms with Gasteiger partial charge in [0.1, 0.15) is 23.6 Å². The van der Waals surface area contributed by atoms with E-state index in [0.29, 0.717) is 31.7 Å². The number of hydrogen-bond acceptors (Lipinski definition) is 9. The smallest absolute Gasteiger partial charge is 0.434 e. The highest BCUT2D eigenvalue weighted by Gasteiger charge is 2.50. The number of alkyl halides is 3. The van der Waals surface area contributed by atoms with Crippen molar-refractivity contribution in [2.75, 3.05) is 38.1 Å². The standard InChI is InChI=1S/C21H30F3N5O5/c1-20(2,3)34-19(32)29-7-11-6-28(8-13(11)29)9-14-18(31)17(30)12(10-33-14)26-16-5-25-4-15(27-16)21(22,23)24/h4-5,11-14,17-18,30-31H,6-10H2,1-3H3,(H,26,27)/t11?,12-,13?,14+,17+,18-/m0/s1. The van der Waals surface area contributed by atoms with Crippen molar-refractivity contribution in [3.8, 4) is 0 Å². The number of ether oxygens (including phenoxy) is 2. The van der Waals surface area contributed by atoms with E-state index in [2.05, 4.69) is 20.2 Å². The highest BCUT2D eigenvalue weighted by atomic mass is 19.4. The number of rotatable bonds is 4. The van der Waals surface area contributed by atoms with E-state index in [4.69, 9.17) is 9.47 Å². The Labute approximate surface area is 195 Å². The maximum atomic E-state index is 12.9. The quantitative estimate of drug-likeness (QED) is 0.568. The van der Waals surface area contributed by atoms with Gasteiger partial charge in [-0.3, -0.25) is 9.88 Å². The molecule has 0 aliphatic carbocycles. The predicted octanol–water partition coefficient (Wildman–Crippen LogP) is 0.948. The molecule has 4 rings (SSSR count). The van der Waals surface area contributed by atoms with Crippen molar-refractivity contribution in [3.05, 3.63) is 18.1 Å². The van der Waals surface area contributed by atoms with Crippen molar-refractivity contribution in [1.29, 1.82) is 0 Å². The predicted molar refractivity (Wildman–Crippen MR) is 113 cm³/mol. The summed E-state index contributed by atoms with van der Waals surface area (Å²) >= 11 is 0. The van der Waals surface area contributed by atoms with Crippen LogP contribution in [0.15, 0.2) is 12.4 Å². The van der Waals surface area contributed by atoms with Gasteiger partial charge in [-0.15, -0.1) is 0 Å². The summed E-state index contributed by atoms with van der Waals surface area (Å²) in [7, 11) is 0. The fourth-order valence-electron chi connectivity index (χ4n) is 4.59. The third kappa shape index (κ3) is 5.37. The molecular formula is C21H30F3N5O5. The van der Waals surface area contributed by atoms with E-state index < -0.39 is 41.8 Å². The van der Waals surface area contributed by atoms with Crippen molar-refractivity contribution in [2.45, 2.75) is 62.9 Å². The van der Waals surface area contributed by atoms with Crippen LogP contribution in [0.4, 0.5) is 23.8 Å². The fraction of sp³-hybridized carbons (Fsp3) is 0.762. The van der Waals surface area contributed by atoms with E-state index >= 15 is 0 Å². The number of aliphatic hydroxyl groups excluding tert-OH is 2. The number of anilines is 1. The summed E-state index contributed by atoms with van der Waals surface area (Å²) in [5.41, 5.74) is -1.73. The van der Waals surface area contributed by atoms with Gasteiger partial charge in [-0.05, 0) is 20.8 Å². The molecule has 3 saturated heterocycles. The summed E-state index contributed by atoms with van der Waals surface area (Å²) in [6.07, 6.45) is -6.50. The first-order valence-electron chi connectivity index (χ1n) is 11.2. The van der Waals surface area contributed by atoms with Crippen LogP contribution in [-0.2, 0) is 15.7 Å². The molecule has 2 unspecified atom stereocenters. The Kier molecular flexibility index (Phi) is 6.66. The van der Waals surface area contributed by atoms with Crippen LogP contribution in [0.5, 0.6) is 0 Å². The second kappa shape index (κ2) is 9.10. The first kappa shape index (κ1) is 24.9. The second-order valence-electron chi connectivity index (χ2n) is 10.1. The Hall–Kier alpha value is -2.22. The molecule has 0 spiro atoms. The maximum Gasteiger partial charge on any atom is 0.434 e. The topological polar surface area (TPSA) is 120 Å². The Bertz CT molecular complexity index is 898. The van der Waals surface area contributed by atoms with Crippen LogP contribution in [-0.4, -0.2) is 105 Å². The Morgan fingerprint density at radius 2 is 1.94 bits per heavy atom. The van der Waals surface area contributed by atoms with Gasteiger partial charge in [0.15, 0.2) is 5.69 Å². The lowest BCUT2D eigenvalue weighted by atomic mass is 9.93. The van der Waals surface area contributed by atoms with Crippen LogP contribution in [0, 0.1) is 5.92 Å².